The summed E-state index contributed by atoms with van der Waals surface area (Å²) in [5, 5.41) is 59.7. The molecule has 3 aromatic rings. The fraction of sp³-hybridized carbons (Fsp3) is 0.455. The second-order valence-corrected chi connectivity index (χ2v) is 17.6. The summed E-state index contributed by atoms with van der Waals surface area (Å²) in [4.78, 5) is 82.9. The number of aliphatic hydroxyl groups is 4. The maximum atomic E-state index is 15.1. The Hall–Kier alpha value is -4.88. The van der Waals surface area contributed by atoms with Gasteiger partial charge in [0.1, 0.15) is 17.8 Å². The number of rotatable bonds is 6. The van der Waals surface area contributed by atoms with Crippen LogP contribution in [0.2, 0.25) is 0 Å². The summed E-state index contributed by atoms with van der Waals surface area (Å²) in [5.41, 5.74) is 1.92. The lowest BCUT2D eigenvalue weighted by Gasteiger charge is -2.66. The van der Waals surface area contributed by atoms with E-state index < -0.39 is 105 Å². The number of hydrogen-bond donors (Lipinski definition) is 6. The summed E-state index contributed by atoms with van der Waals surface area (Å²) < 4.78 is 0. The molecule has 0 radical (unpaired) electrons. The van der Waals surface area contributed by atoms with Gasteiger partial charge in [-0.3, -0.25) is 28.8 Å². The van der Waals surface area contributed by atoms with Gasteiger partial charge in [0.2, 0.25) is 5.91 Å². The molecule has 5 aliphatic carbocycles. The Labute approximate surface area is 322 Å². The van der Waals surface area contributed by atoms with Crippen molar-refractivity contribution in [1.29, 1.82) is 0 Å². The number of carbonyl (C=O) groups is 6. The van der Waals surface area contributed by atoms with E-state index in [1.54, 1.807) is 82.3 Å². The van der Waals surface area contributed by atoms with Crippen LogP contribution in [0.25, 0.3) is 0 Å². The van der Waals surface area contributed by atoms with Crippen LogP contribution in [0.4, 0.5) is 0 Å². The highest BCUT2D eigenvalue weighted by Gasteiger charge is 2.76. The molecule has 5 aliphatic rings. The van der Waals surface area contributed by atoms with Crippen LogP contribution in [-0.4, -0.2) is 78.2 Å². The summed E-state index contributed by atoms with van der Waals surface area (Å²) in [7, 11) is 0. The lowest BCUT2D eigenvalue weighted by Crippen LogP contribution is -2.79. The molecule has 3 aromatic carbocycles. The third kappa shape index (κ3) is 4.85. The monoisotopic (exact) mass is 763 g/mol. The third-order valence-corrected chi connectivity index (χ3v) is 14.2. The molecule has 56 heavy (non-hydrogen) atoms. The van der Waals surface area contributed by atoms with Gasteiger partial charge in [-0.1, -0.05) is 82.3 Å². The Bertz CT molecular complexity index is 2260. The maximum absolute atomic E-state index is 15.1. The molecule has 7 N–H and O–H groups in total. The zero-order chi connectivity index (χ0) is 40.5. The highest BCUT2D eigenvalue weighted by atomic mass is 16.4. The second kappa shape index (κ2) is 12.6. The van der Waals surface area contributed by atoms with Crippen molar-refractivity contribution < 1.29 is 54.3 Å². The van der Waals surface area contributed by atoms with E-state index in [1.807, 2.05) is 0 Å². The van der Waals surface area contributed by atoms with Gasteiger partial charge in [-0.15, -0.1) is 0 Å². The third-order valence-electron chi connectivity index (χ3n) is 14.2. The van der Waals surface area contributed by atoms with Crippen molar-refractivity contribution in [1.82, 2.24) is 0 Å². The predicted molar refractivity (Wildman–Crippen MR) is 199 cm³/mol. The summed E-state index contributed by atoms with van der Waals surface area (Å²) in [6.07, 6.45) is -5.41. The molecular formula is C44H45NO11. The Morgan fingerprint density at radius 2 is 1.43 bits per heavy atom. The van der Waals surface area contributed by atoms with Crippen molar-refractivity contribution in [2.45, 2.75) is 77.3 Å². The first-order valence-corrected chi connectivity index (χ1v) is 19.1. The maximum Gasteiger partial charge on any atom is 0.230 e. The van der Waals surface area contributed by atoms with Gasteiger partial charge in [-0.2, -0.15) is 0 Å². The lowest BCUT2D eigenvalue weighted by molar-refractivity contribution is -0.265. The number of carbonyl (C=O) groups excluding carboxylic acids is 6. The standard InChI is InChI=1S/C44H45NO11/c1-18(2)30-38(52)29(41(45)55)39(53)44(56)40(54)31-37(51)28-27(16-42(31,3)17-43(30,44)4)19(14-25-33(47)21-9-5-6-10-22(21)34(25)48)13-20(32(28)46)15-26-35(49)23-11-7-8-12-24(23)36(26)50/h5-13,18,25-26,29-31,35,38,40,46,49,52,54,56H,14-17H2,1-4H3,(H2,45,55)/t26?,29-,30+,31-,35?,38?,40?,42-,43-,44+/m1/s1. The van der Waals surface area contributed by atoms with Crippen molar-refractivity contribution in [2.75, 3.05) is 0 Å². The van der Waals surface area contributed by atoms with Gasteiger partial charge in [-0.05, 0) is 65.2 Å². The molecule has 1 amide bonds. The number of amides is 1. The van der Waals surface area contributed by atoms with Crippen LogP contribution in [0.3, 0.4) is 0 Å². The minimum atomic E-state index is -2.71. The molecule has 0 aromatic heterocycles. The summed E-state index contributed by atoms with van der Waals surface area (Å²) in [5.74, 6) is -11.8. The molecule has 292 valence electrons. The van der Waals surface area contributed by atoms with Crippen molar-refractivity contribution in [3.05, 3.63) is 99.1 Å². The second-order valence-electron chi connectivity index (χ2n) is 17.6. The van der Waals surface area contributed by atoms with E-state index in [0.29, 0.717) is 22.3 Å². The van der Waals surface area contributed by atoms with E-state index in [1.165, 1.54) is 0 Å². The molecule has 0 bridgehead atoms. The number of primary amides is 1. The van der Waals surface area contributed by atoms with Crippen LogP contribution in [0.1, 0.15) is 104 Å². The lowest BCUT2D eigenvalue weighted by atomic mass is 9.39. The number of hydrogen-bond acceptors (Lipinski definition) is 11. The molecule has 0 aliphatic heterocycles. The Kier molecular flexibility index (Phi) is 8.53. The van der Waals surface area contributed by atoms with Gasteiger partial charge in [0.25, 0.3) is 0 Å². The first-order valence-electron chi connectivity index (χ1n) is 19.1. The molecule has 2 saturated carbocycles. The molecule has 0 spiro atoms. The molecule has 0 saturated heterocycles. The molecular weight excluding hydrogens is 718 g/mol. The molecule has 12 heteroatoms. The fourth-order valence-electron chi connectivity index (χ4n) is 11.9. The van der Waals surface area contributed by atoms with E-state index in [9.17, 15) is 49.5 Å². The van der Waals surface area contributed by atoms with Crippen molar-refractivity contribution in [3.63, 3.8) is 0 Å². The van der Waals surface area contributed by atoms with E-state index >= 15 is 4.79 Å². The van der Waals surface area contributed by atoms with E-state index in [-0.39, 0.29) is 53.7 Å². The first-order chi connectivity index (χ1) is 26.3. The number of phenolic OH excluding ortho intramolecular Hbond substituents is 1. The van der Waals surface area contributed by atoms with Gasteiger partial charge in [0.05, 0.1) is 35.5 Å². The van der Waals surface area contributed by atoms with Crippen LogP contribution < -0.4 is 5.73 Å². The van der Waals surface area contributed by atoms with Gasteiger partial charge in [-0.25, -0.2) is 0 Å². The van der Waals surface area contributed by atoms with Gasteiger partial charge < -0.3 is 31.3 Å². The first kappa shape index (κ1) is 38.0. The van der Waals surface area contributed by atoms with Crippen LogP contribution in [-0.2, 0) is 28.9 Å². The normalized spacial score (nSPS) is 34.9. The molecule has 0 heterocycles. The number of fused-ring (bicyclic) bond motifs is 5. The highest BCUT2D eigenvalue weighted by molar-refractivity contribution is 6.26. The number of nitrogens with two attached hydrogens (primary N) is 1. The number of ketones is 5. The van der Waals surface area contributed by atoms with E-state index in [4.69, 9.17) is 5.73 Å². The Morgan fingerprint density at radius 1 is 0.839 bits per heavy atom. The predicted octanol–water partition coefficient (Wildman–Crippen LogP) is 2.90. The van der Waals surface area contributed by atoms with Crippen molar-refractivity contribution in [2.24, 2.45) is 52.1 Å². The largest absolute Gasteiger partial charge is 0.507 e. The zero-order valence-corrected chi connectivity index (χ0v) is 31.5. The summed E-state index contributed by atoms with van der Waals surface area (Å²) >= 11 is 0. The Morgan fingerprint density at radius 3 is 2.00 bits per heavy atom. The number of aromatic hydroxyl groups is 1. The topological polar surface area (TPSA) is 230 Å². The fourth-order valence-corrected chi connectivity index (χ4v) is 11.9. The smallest absolute Gasteiger partial charge is 0.230 e. The minimum absolute atomic E-state index is 0.0164. The van der Waals surface area contributed by atoms with Crippen LogP contribution >= 0.6 is 0 Å². The van der Waals surface area contributed by atoms with Crippen LogP contribution in [0.5, 0.6) is 5.75 Å². The molecule has 10 atom stereocenters. The number of Topliss-reactive ketones (excluding diaryl/α,β-unsaturated/α-hetero) is 5. The van der Waals surface area contributed by atoms with Crippen LogP contribution in [0, 0.1) is 46.3 Å². The van der Waals surface area contributed by atoms with E-state index in [0.717, 1.165) is 0 Å². The van der Waals surface area contributed by atoms with E-state index in [2.05, 4.69) is 0 Å². The molecule has 8 rings (SSSR count). The average Bonchev–Trinajstić information content (AvgIpc) is 3.51. The number of phenols is 1. The SMILES string of the molecule is CC(C)[C@H]1C(O)[C@@H](C(N)=O)C(=O)[C@]2(O)C(O)[C@H]3C(=O)c4c(O)c(CC5C(=O)c6ccccc6C5O)cc(CC5C(=O)c6ccccc6C5=O)c4C[C@]3(C)C[C@]12C. The molecule has 12 nitrogen and oxygen atoms in total. The number of aliphatic hydroxyl groups excluding tert-OH is 3. The summed E-state index contributed by atoms with van der Waals surface area (Å²) in [6.45, 7) is 6.80. The van der Waals surface area contributed by atoms with Crippen molar-refractivity contribution >= 4 is 34.8 Å². The van der Waals surface area contributed by atoms with Gasteiger partial charge >= 0.3 is 0 Å². The average molecular weight is 764 g/mol. The quantitative estimate of drug-likeness (QED) is 0.200. The van der Waals surface area contributed by atoms with Crippen LogP contribution in [0.15, 0.2) is 54.6 Å². The van der Waals surface area contributed by atoms with Gasteiger partial charge in [0.15, 0.2) is 34.5 Å². The minimum Gasteiger partial charge on any atom is -0.507 e. The number of benzene rings is 3. The van der Waals surface area contributed by atoms with Crippen molar-refractivity contribution in [3.8, 4) is 5.75 Å². The summed E-state index contributed by atoms with van der Waals surface area (Å²) in [6, 6.07) is 14.6. The molecule has 2 fully saturated rings. The molecule has 4 unspecified atom stereocenters. The van der Waals surface area contributed by atoms with Gasteiger partial charge in [0, 0.05) is 22.1 Å². The highest BCUT2D eigenvalue weighted by Crippen LogP contribution is 2.66. The zero-order valence-electron chi connectivity index (χ0n) is 31.5. The Balaban J connectivity index is 1.29.